The van der Waals surface area contributed by atoms with E-state index in [0.717, 1.165) is 238 Å². The van der Waals surface area contributed by atoms with E-state index >= 15 is 0 Å². The average molecular weight is 1520 g/mol. The number of carbonyl (C=O) groups is 5. The Morgan fingerprint density at radius 1 is 0.454 bits per heavy atom. The van der Waals surface area contributed by atoms with Crippen molar-refractivity contribution < 1.29 is 47.7 Å². The van der Waals surface area contributed by atoms with Gasteiger partial charge in [-0.25, -0.2) is 4.79 Å². The predicted molar refractivity (Wildman–Crippen MR) is 443 cm³/mol. The maximum Gasteiger partial charge on any atom is 0.328 e. The number of aromatic nitrogens is 4. The summed E-state index contributed by atoms with van der Waals surface area (Å²) in [6.07, 6.45) is 45.4. The summed E-state index contributed by atoms with van der Waals surface area (Å²) in [5, 5.41) is 2.95. The number of nitrogens with zero attached hydrogens (tertiary/aromatic N) is 8. The van der Waals surface area contributed by atoms with E-state index in [1.807, 2.05) is 0 Å². The molecule has 1 amide bonds. The van der Waals surface area contributed by atoms with Gasteiger partial charge in [-0.1, -0.05) is 207 Å². The van der Waals surface area contributed by atoms with Gasteiger partial charge in [-0.3, -0.25) is 28.5 Å². The number of ether oxygens (including phenoxy) is 5. The molecule has 0 aliphatic rings. The van der Waals surface area contributed by atoms with Gasteiger partial charge >= 0.3 is 29.6 Å². The molecule has 0 aliphatic heterocycles. The Balaban J connectivity index is 1.52. The number of imidazole rings is 1. The minimum Gasteiger partial charge on any atom is -0.462 e. The number of rotatable bonds is 74. The predicted octanol–water partition coefficient (Wildman–Crippen LogP) is 18.0. The highest BCUT2D eigenvalue weighted by molar-refractivity contribution is 5.97. The third-order valence-corrected chi connectivity index (χ3v) is 21.3. The second kappa shape index (κ2) is 64.2. The van der Waals surface area contributed by atoms with Crippen LogP contribution < -0.4 is 15.7 Å². The Morgan fingerprint density at radius 2 is 0.815 bits per heavy atom. The molecule has 2 N–H and O–H groups in total. The number of carbonyl (C=O) groups excluding carboxylic acids is 5. The lowest BCUT2D eigenvalue weighted by atomic mass is 10.1. The van der Waals surface area contributed by atoms with Crippen molar-refractivity contribution in [3.63, 3.8) is 0 Å². The summed E-state index contributed by atoms with van der Waals surface area (Å²) in [7, 11) is 8.34. The van der Waals surface area contributed by atoms with Gasteiger partial charge < -0.3 is 58.5 Å². The van der Waals surface area contributed by atoms with Crippen molar-refractivity contribution in [3.05, 3.63) is 45.9 Å². The number of aldehydes is 1. The van der Waals surface area contributed by atoms with Crippen molar-refractivity contribution in [2.24, 2.45) is 0 Å². The Morgan fingerprint density at radius 3 is 1.19 bits per heavy atom. The molecular formula is C87H156N10O11. The Bertz CT molecular complexity index is 2750. The van der Waals surface area contributed by atoms with Crippen LogP contribution in [0.1, 0.15) is 334 Å². The lowest BCUT2D eigenvalue weighted by Gasteiger charge is -2.28. The van der Waals surface area contributed by atoms with Crippen molar-refractivity contribution in [2.75, 3.05) is 125 Å². The van der Waals surface area contributed by atoms with Crippen LogP contribution in [0.5, 0.6) is 6.01 Å². The maximum absolute atomic E-state index is 13.6. The number of benzene rings is 1. The van der Waals surface area contributed by atoms with Crippen LogP contribution in [0.25, 0.3) is 11.2 Å². The van der Waals surface area contributed by atoms with Crippen LogP contribution >= 0.6 is 0 Å². The van der Waals surface area contributed by atoms with Crippen molar-refractivity contribution in [2.45, 2.75) is 342 Å². The highest BCUT2D eigenvalue weighted by Crippen LogP contribution is 2.24. The first-order chi connectivity index (χ1) is 52.6. The lowest BCUT2D eigenvalue weighted by molar-refractivity contribution is -0.150. The van der Waals surface area contributed by atoms with Gasteiger partial charge in [0.15, 0.2) is 11.5 Å². The van der Waals surface area contributed by atoms with Crippen LogP contribution in [0.4, 0.5) is 5.82 Å². The fourth-order valence-corrected chi connectivity index (χ4v) is 13.8. The smallest absolute Gasteiger partial charge is 0.328 e. The average Bonchev–Trinajstić information content (AvgIpc) is 1.63. The third-order valence-electron chi connectivity index (χ3n) is 21.3. The van der Waals surface area contributed by atoms with Crippen LogP contribution in [0.3, 0.4) is 0 Å². The van der Waals surface area contributed by atoms with Crippen LogP contribution in [-0.4, -0.2) is 212 Å². The molecule has 1 aromatic carbocycles. The SMILES string of the molecule is CCCCCCC(CC)OC(=O)CCCCCCCCN(CCCCCCCCC(=O)OC(CC)CCCCCC)CCN(C)CCN(C)CCN(C)CCN(CCCCCCCCC(=O)OC(CC)CCCCCC)CCCCCC(=O)Nc1nc(OCCOC)nc2c1[nH]c(=O)n2Cc1ccc(C=O)cc1. The second-order valence-electron chi connectivity index (χ2n) is 30.9. The Labute approximate surface area is 655 Å². The number of H-pyrrole nitrogens is 1. The molecule has 0 fully saturated rings. The summed E-state index contributed by atoms with van der Waals surface area (Å²) in [5.41, 5.74) is 1.50. The zero-order valence-corrected chi connectivity index (χ0v) is 70.2. The summed E-state index contributed by atoms with van der Waals surface area (Å²) in [6.45, 7) is 25.9. The summed E-state index contributed by atoms with van der Waals surface area (Å²) >= 11 is 0. The van der Waals surface area contributed by atoms with E-state index in [0.29, 0.717) is 43.4 Å². The number of hydrogen-bond donors (Lipinski definition) is 2. The van der Waals surface area contributed by atoms with E-state index in [9.17, 15) is 28.8 Å². The van der Waals surface area contributed by atoms with E-state index in [-0.39, 0.29) is 79.2 Å². The van der Waals surface area contributed by atoms with E-state index in [4.69, 9.17) is 23.7 Å². The number of esters is 3. The first-order valence-electron chi connectivity index (χ1n) is 43.6. The number of likely N-dealkylation sites (N-methyl/N-ethyl adjacent to an activating group) is 3. The van der Waals surface area contributed by atoms with Gasteiger partial charge in [0.1, 0.15) is 36.7 Å². The number of hydrogen-bond acceptors (Lipinski definition) is 18. The number of methoxy groups -OCH3 is 1. The number of nitrogens with one attached hydrogen (secondary N) is 2. The molecule has 2 heterocycles. The molecule has 0 bridgehead atoms. The molecule has 108 heavy (non-hydrogen) atoms. The van der Waals surface area contributed by atoms with E-state index in [2.05, 4.69) is 107 Å². The number of unbranched alkanes of at least 4 members (excludes halogenated alkanes) is 26. The number of anilines is 1. The number of fused-ring (bicyclic) bond motifs is 1. The van der Waals surface area contributed by atoms with Crippen LogP contribution in [-0.2, 0) is 44.7 Å². The molecule has 2 aromatic heterocycles. The minimum atomic E-state index is -0.415. The Kier molecular flexibility index (Phi) is 57.6. The topological polar surface area (TPSA) is 223 Å². The molecule has 3 rings (SSSR count). The number of amides is 1. The van der Waals surface area contributed by atoms with Crippen LogP contribution in [0, 0.1) is 0 Å². The lowest BCUT2D eigenvalue weighted by Crippen LogP contribution is -2.40. The fourth-order valence-electron chi connectivity index (χ4n) is 13.8. The molecule has 620 valence electrons. The molecule has 0 saturated heterocycles. The first kappa shape index (κ1) is 96.9. The quantitative estimate of drug-likeness (QED) is 0.0232. The summed E-state index contributed by atoms with van der Waals surface area (Å²) in [6, 6.07) is 6.99. The largest absolute Gasteiger partial charge is 0.462 e. The zero-order chi connectivity index (χ0) is 78.5. The van der Waals surface area contributed by atoms with Gasteiger partial charge in [-0.2, -0.15) is 9.97 Å². The molecule has 0 radical (unpaired) electrons. The second-order valence-corrected chi connectivity index (χ2v) is 30.9. The van der Waals surface area contributed by atoms with Gasteiger partial charge in [0.2, 0.25) is 5.91 Å². The standard InChI is InChI=1S/C87H156N10O11/c1-11-17-20-36-47-76(14-4)106-80(100)51-40-29-23-26-32-43-58-95(59-44-33-27-24-30-41-52-81(101)107-77(15-5)48-37-21-18-12-2)68-66-93(8)64-62-92(7)63-65-94(9)67-69-96(60-45-34-28-25-31-42-53-82(102)108-78(16-6)49-38-22-19-13-3)61-46-35-39-50-79(99)88-84-83-85(91-86(90-84)105-71-70-104-10)97(87(103)89-83)72-74-54-56-75(73-98)57-55-74/h54-57,73,76-78H,11-53,58-72H2,1-10H3,(H,89,103)(H,88,90,91,99). The minimum absolute atomic E-state index is 0.0126. The van der Waals surface area contributed by atoms with Gasteiger partial charge in [0, 0.05) is 90.7 Å². The first-order valence-corrected chi connectivity index (χ1v) is 43.6. The van der Waals surface area contributed by atoms with Gasteiger partial charge in [-0.05, 0) is 162 Å². The van der Waals surface area contributed by atoms with Crippen molar-refractivity contribution in [1.82, 2.24) is 44.0 Å². The third kappa shape index (κ3) is 47.8. The van der Waals surface area contributed by atoms with Gasteiger partial charge in [0.05, 0.1) is 13.2 Å². The van der Waals surface area contributed by atoms with Gasteiger partial charge in [-0.15, -0.1) is 0 Å². The van der Waals surface area contributed by atoms with E-state index < -0.39 is 5.69 Å². The van der Waals surface area contributed by atoms with Gasteiger partial charge in [0.25, 0.3) is 0 Å². The van der Waals surface area contributed by atoms with Crippen molar-refractivity contribution in [1.29, 1.82) is 0 Å². The summed E-state index contributed by atoms with van der Waals surface area (Å²) < 4.78 is 30.0. The van der Waals surface area contributed by atoms with E-state index in [1.165, 1.54) is 101 Å². The molecular weight excluding hydrogens is 1360 g/mol. The maximum atomic E-state index is 13.6. The normalized spacial score (nSPS) is 12.7. The molecule has 0 aliphatic carbocycles. The molecule has 21 heteroatoms. The van der Waals surface area contributed by atoms with Crippen molar-refractivity contribution >= 4 is 47.1 Å². The molecule has 0 spiro atoms. The molecule has 0 saturated carbocycles. The highest BCUT2D eigenvalue weighted by Gasteiger charge is 2.21. The highest BCUT2D eigenvalue weighted by atomic mass is 16.6. The van der Waals surface area contributed by atoms with E-state index in [1.54, 1.807) is 31.4 Å². The van der Waals surface area contributed by atoms with Crippen LogP contribution in [0.15, 0.2) is 29.1 Å². The molecule has 3 aromatic rings. The monoisotopic (exact) mass is 1520 g/mol. The fraction of sp³-hybridized carbons (Fsp3) is 0.816. The number of aromatic amines is 1. The zero-order valence-electron chi connectivity index (χ0n) is 70.2. The van der Waals surface area contributed by atoms with Crippen LogP contribution in [0.2, 0.25) is 0 Å². The summed E-state index contributed by atoms with van der Waals surface area (Å²) in [4.78, 5) is 101. The molecule has 3 atom stereocenters. The summed E-state index contributed by atoms with van der Waals surface area (Å²) in [5.74, 6) is -0.125. The van der Waals surface area contributed by atoms with Crippen molar-refractivity contribution in [3.8, 4) is 6.01 Å². The Hall–Kier alpha value is -5.32. The molecule has 21 nitrogen and oxygen atoms in total. The molecule has 3 unspecified atom stereocenters.